The molecule has 0 bridgehead atoms. The summed E-state index contributed by atoms with van der Waals surface area (Å²) in [5, 5.41) is 4.20. The molecule has 10 heteroatoms. The van der Waals surface area contributed by atoms with Crippen molar-refractivity contribution in [2.75, 3.05) is 6.54 Å². The molecule has 0 aliphatic carbocycles. The van der Waals surface area contributed by atoms with Gasteiger partial charge in [-0.2, -0.15) is 18.3 Å². The van der Waals surface area contributed by atoms with Crippen LogP contribution in [0, 0.1) is 6.92 Å². The van der Waals surface area contributed by atoms with Crippen molar-refractivity contribution >= 4 is 33.2 Å². The monoisotopic (exact) mass is 500 g/mol. The van der Waals surface area contributed by atoms with Crippen molar-refractivity contribution in [1.82, 2.24) is 9.78 Å². The number of benzene rings is 1. The summed E-state index contributed by atoms with van der Waals surface area (Å²) in [5.41, 5.74) is 13.2. The lowest BCUT2D eigenvalue weighted by molar-refractivity contribution is -0.138. The molecule has 4 N–H and O–H groups in total. The molecule has 0 unspecified atom stereocenters. The number of halogens is 4. The summed E-state index contributed by atoms with van der Waals surface area (Å²) in [6.45, 7) is 1.89. The van der Waals surface area contributed by atoms with E-state index < -0.39 is 23.6 Å². The smallest absolute Gasteiger partial charge is 0.365 e. The molecule has 160 valence electrons. The minimum atomic E-state index is -4.48. The van der Waals surface area contributed by atoms with Gasteiger partial charge in [-0.15, -0.1) is 11.3 Å². The molecule has 3 aromatic rings. The number of aromatic nitrogens is 2. The number of amides is 1. The first-order valence-electron chi connectivity index (χ1n) is 9.02. The van der Waals surface area contributed by atoms with E-state index in [1.807, 2.05) is 6.92 Å². The molecule has 0 fully saturated rings. The van der Waals surface area contributed by atoms with E-state index in [1.165, 1.54) is 23.5 Å². The molecule has 0 aliphatic heterocycles. The number of carbonyl (C=O) groups excluding carboxylic acids is 1. The van der Waals surface area contributed by atoms with Crippen LogP contribution in [0.5, 0.6) is 0 Å². The average Bonchev–Trinajstić information content (AvgIpc) is 3.18. The van der Waals surface area contributed by atoms with Crippen molar-refractivity contribution in [3.8, 4) is 10.6 Å². The Bertz CT molecular complexity index is 1070. The number of primary amides is 1. The molecule has 3 rings (SSSR count). The second-order valence-electron chi connectivity index (χ2n) is 6.92. The zero-order chi connectivity index (χ0) is 22.2. The van der Waals surface area contributed by atoms with Crippen LogP contribution in [-0.4, -0.2) is 22.2 Å². The molecule has 0 saturated carbocycles. The van der Waals surface area contributed by atoms with Gasteiger partial charge >= 0.3 is 6.18 Å². The van der Waals surface area contributed by atoms with Crippen molar-refractivity contribution in [2.45, 2.75) is 25.4 Å². The minimum Gasteiger partial charge on any atom is -0.365 e. The Kier molecular flexibility index (Phi) is 6.40. The predicted octanol–water partition coefficient (Wildman–Crippen LogP) is 4.62. The summed E-state index contributed by atoms with van der Waals surface area (Å²) in [4.78, 5) is 13.3. The molecule has 2 aromatic heterocycles. The summed E-state index contributed by atoms with van der Waals surface area (Å²) in [6, 6.07) is 5.41. The largest absolute Gasteiger partial charge is 0.416 e. The van der Waals surface area contributed by atoms with E-state index in [0.29, 0.717) is 10.4 Å². The van der Waals surface area contributed by atoms with Crippen LogP contribution in [0.4, 0.5) is 13.2 Å². The molecule has 0 spiro atoms. The van der Waals surface area contributed by atoms with Crippen molar-refractivity contribution in [2.24, 2.45) is 18.5 Å². The van der Waals surface area contributed by atoms with Crippen LogP contribution < -0.4 is 11.5 Å². The molecule has 0 saturated heterocycles. The van der Waals surface area contributed by atoms with Crippen LogP contribution in [0.25, 0.3) is 10.6 Å². The van der Waals surface area contributed by atoms with E-state index in [2.05, 4.69) is 21.0 Å². The fourth-order valence-electron chi connectivity index (χ4n) is 3.64. The fourth-order valence-corrected chi connectivity index (χ4v) is 5.65. The number of hydrogen-bond acceptors (Lipinski definition) is 4. The van der Waals surface area contributed by atoms with Crippen molar-refractivity contribution in [3.05, 3.63) is 62.1 Å². The third kappa shape index (κ3) is 4.17. The van der Waals surface area contributed by atoms with Crippen molar-refractivity contribution in [1.29, 1.82) is 0 Å². The van der Waals surface area contributed by atoms with Crippen LogP contribution in [-0.2, 0) is 19.6 Å². The molecule has 1 atom stereocenters. The van der Waals surface area contributed by atoms with Gasteiger partial charge < -0.3 is 11.5 Å². The number of nitrogens with zero attached hydrogens (tertiary/aromatic N) is 2. The molecule has 30 heavy (non-hydrogen) atoms. The van der Waals surface area contributed by atoms with Gasteiger partial charge in [0.1, 0.15) is 0 Å². The van der Waals surface area contributed by atoms with Gasteiger partial charge in [0.15, 0.2) is 0 Å². The van der Waals surface area contributed by atoms with E-state index in [-0.39, 0.29) is 18.5 Å². The fraction of sp³-hybridized carbons (Fsp3) is 0.300. The topological polar surface area (TPSA) is 86.9 Å². The van der Waals surface area contributed by atoms with Crippen LogP contribution in [0.2, 0.25) is 0 Å². The lowest BCUT2D eigenvalue weighted by Crippen LogP contribution is -2.21. The quantitative estimate of drug-likeness (QED) is 0.517. The summed E-state index contributed by atoms with van der Waals surface area (Å²) >= 11 is 4.66. The van der Waals surface area contributed by atoms with Crippen LogP contribution >= 0.6 is 27.3 Å². The molecule has 0 aliphatic rings. The standard InChI is InChI=1S/C20H20BrF3N4OS/c1-10-15(12(8-25)7-11-5-3-4-6-13(11)20(22,23)24)18(19(26)29)30-17(10)16-14(21)9-27-28(16)2/h3-6,9,12H,7-8,25H2,1-2H3,(H2,26,29)/t12-/m1/s1. The Balaban J connectivity index is 2.13. The van der Waals surface area contributed by atoms with Gasteiger partial charge in [0, 0.05) is 13.0 Å². The number of aryl methyl sites for hydroxylation is 1. The zero-order valence-corrected chi connectivity index (χ0v) is 18.7. The van der Waals surface area contributed by atoms with Gasteiger partial charge in [0.25, 0.3) is 5.91 Å². The number of thiophene rings is 1. The molecule has 0 radical (unpaired) electrons. The van der Waals surface area contributed by atoms with Crippen LogP contribution in [0.1, 0.15) is 37.8 Å². The number of rotatable bonds is 6. The third-order valence-corrected chi connectivity index (χ3v) is 6.92. The number of nitrogens with two attached hydrogens (primary N) is 2. The Morgan fingerprint density at radius 2 is 2.00 bits per heavy atom. The summed E-state index contributed by atoms with van der Waals surface area (Å²) in [5.74, 6) is -1.14. The van der Waals surface area contributed by atoms with Gasteiger partial charge in [0.05, 0.1) is 31.7 Å². The van der Waals surface area contributed by atoms with E-state index in [9.17, 15) is 18.0 Å². The lowest BCUT2D eigenvalue weighted by atomic mass is 9.87. The first-order chi connectivity index (χ1) is 14.1. The van der Waals surface area contributed by atoms with E-state index >= 15 is 0 Å². The normalized spacial score (nSPS) is 12.9. The highest BCUT2D eigenvalue weighted by Crippen LogP contribution is 2.43. The molecule has 2 heterocycles. The molecule has 1 amide bonds. The maximum atomic E-state index is 13.5. The second-order valence-corrected chi connectivity index (χ2v) is 8.79. The highest BCUT2D eigenvalue weighted by molar-refractivity contribution is 9.10. The minimum absolute atomic E-state index is 0.0377. The van der Waals surface area contributed by atoms with E-state index in [4.69, 9.17) is 11.5 Å². The number of carbonyl (C=O) groups is 1. The highest BCUT2D eigenvalue weighted by atomic mass is 79.9. The Labute approximate surface area is 184 Å². The van der Waals surface area contributed by atoms with Gasteiger partial charge in [-0.3, -0.25) is 9.48 Å². The van der Waals surface area contributed by atoms with Gasteiger partial charge in [-0.25, -0.2) is 0 Å². The average molecular weight is 501 g/mol. The SMILES string of the molecule is Cc1c(-c2c(Br)cnn2C)sc(C(N)=O)c1[C@@H](CN)Cc1ccccc1C(F)(F)F. The third-order valence-electron chi connectivity index (χ3n) is 5.01. The number of hydrogen-bond donors (Lipinski definition) is 2. The van der Waals surface area contributed by atoms with Crippen molar-refractivity contribution in [3.63, 3.8) is 0 Å². The first-order valence-corrected chi connectivity index (χ1v) is 10.6. The lowest BCUT2D eigenvalue weighted by Gasteiger charge is -2.20. The molecular formula is C20H20BrF3N4OS. The maximum Gasteiger partial charge on any atom is 0.416 e. The predicted molar refractivity (Wildman–Crippen MR) is 114 cm³/mol. The second kappa shape index (κ2) is 8.52. The van der Waals surface area contributed by atoms with Crippen LogP contribution in [0.15, 0.2) is 34.9 Å². The zero-order valence-electron chi connectivity index (χ0n) is 16.3. The maximum absolute atomic E-state index is 13.5. The summed E-state index contributed by atoms with van der Waals surface area (Å²) in [6.07, 6.45) is -2.80. The van der Waals surface area contributed by atoms with E-state index in [0.717, 1.165) is 26.7 Å². The highest BCUT2D eigenvalue weighted by Gasteiger charge is 2.34. The van der Waals surface area contributed by atoms with Gasteiger partial charge in [0.2, 0.25) is 0 Å². The number of alkyl halides is 3. The van der Waals surface area contributed by atoms with Gasteiger partial charge in [-0.1, -0.05) is 18.2 Å². The van der Waals surface area contributed by atoms with Crippen LogP contribution in [0.3, 0.4) is 0 Å². The Morgan fingerprint density at radius 1 is 1.33 bits per heavy atom. The molecule has 5 nitrogen and oxygen atoms in total. The molecule has 1 aromatic carbocycles. The van der Waals surface area contributed by atoms with Gasteiger partial charge in [-0.05, 0) is 58.6 Å². The first kappa shape index (κ1) is 22.5. The van der Waals surface area contributed by atoms with Crippen molar-refractivity contribution < 1.29 is 18.0 Å². The summed E-state index contributed by atoms with van der Waals surface area (Å²) < 4.78 is 42.8. The Hall–Kier alpha value is -2.17. The Morgan fingerprint density at radius 3 is 2.53 bits per heavy atom. The summed E-state index contributed by atoms with van der Waals surface area (Å²) in [7, 11) is 1.77. The molecular weight excluding hydrogens is 481 g/mol. The van der Waals surface area contributed by atoms with E-state index in [1.54, 1.807) is 24.0 Å².